The number of anilines is 1. The highest BCUT2D eigenvalue weighted by Gasteiger charge is 2.49. The van der Waals surface area contributed by atoms with Gasteiger partial charge < -0.3 is 14.4 Å². The summed E-state index contributed by atoms with van der Waals surface area (Å²) in [4.78, 5) is 21.4. The number of piperidine rings is 1. The average Bonchev–Trinajstić information content (AvgIpc) is 3.16. The number of carbonyl (C=O) groups excluding carboxylic acids is 1. The quantitative estimate of drug-likeness (QED) is 0.319. The van der Waals surface area contributed by atoms with Gasteiger partial charge in [-0.1, -0.05) is 43.2 Å². The van der Waals surface area contributed by atoms with Gasteiger partial charge in [-0.25, -0.2) is 13.1 Å². The van der Waals surface area contributed by atoms with Crippen LogP contribution in [0.1, 0.15) is 99.5 Å². The maximum atomic E-state index is 13.7. The van der Waals surface area contributed by atoms with E-state index in [2.05, 4.69) is 44.6 Å². The van der Waals surface area contributed by atoms with Gasteiger partial charge in [0.15, 0.2) is 0 Å². The van der Waals surface area contributed by atoms with Crippen molar-refractivity contribution in [2.45, 2.75) is 108 Å². The number of aryl methyl sites for hydroxylation is 1. The molecule has 0 aromatic heterocycles. The van der Waals surface area contributed by atoms with Crippen molar-refractivity contribution in [1.82, 2.24) is 14.5 Å². The summed E-state index contributed by atoms with van der Waals surface area (Å²) in [5.74, 6) is 0.780. The van der Waals surface area contributed by atoms with E-state index in [1.54, 1.807) is 6.07 Å². The summed E-state index contributed by atoms with van der Waals surface area (Å²) in [6, 6.07) is 12.0. The summed E-state index contributed by atoms with van der Waals surface area (Å²) in [5.41, 5.74) is 2.98. The molecule has 9 nitrogen and oxygen atoms in total. The van der Waals surface area contributed by atoms with Crippen LogP contribution in [-0.4, -0.2) is 93.4 Å². The number of allylic oxidation sites excluding steroid dienone is 1. The number of nitrogens with zero attached hydrogens (tertiary/aromatic N) is 3. The molecule has 11 heteroatoms. The molecule has 2 saturated heterocycles. The van der Waals surface area contributed by atoms with E-state index in [0.29, 0.717) is 61.7 Å². The van der Waals surface area contributed by atoms with Gasteiger partial charge in [0.05, 0.1) is 10.9 Å². The fraction of sp³-hybridized carbons (Fsp3) is 0.643. The van der Waals surface area contributed by atoms with Gasteiger partial charge in [0.1, 0.15) is 18.0 Å². The van der Waals surface area contributed by atoms with Crippen molar-refractivity contribution in [2.24, 2.45) is 11.8 Å². The van der Waals surface area contributed by atoms with Crippen molar-refractivity contribution in [3.8, 4) is 5.75 Å². The van der Waals surface area contributed by atoms with Crippen LogP contribution >= 0.6 is 11.6 Å². The molecule has 290 valence electrons. The van der Waals surface area contributed by atoms with Crippen LogP contribution in [0.2, 0.25) is 5.02 Å². The molecule has 1 amide bonds. The number of sulfonamides is 1. The molecule has 1 unspecified atom stereocenters. The van der Waals surface area contributed by atoms with E-state index in [4.69, 9.17) is 21.1 Å². The van der Waals surface area contributed by atoms with E-state index in [1.165, 1.54) is 31.4 Å². The molecule has 4 heterocycles. The van der Waals surface area contributed by atoms with Crippen molar-refractivity contribution < 1.29 is 22.7 Å². The molecular formula is C42H59ClN4O5S. The monoisotopic (exact) mass is 766 g/mol. The molecule has 3 fully saturated rings. The van der Waals surface area contributed by atoms with Crippen LogP contribution in [-0.2, 0) is 27.8 Å². The average molecular weight is 767 g/mol. The fourth-order valence-corrected chi connectivity index (χ4v) is 11.3. The van der Waals surface area contributed by atoms with Crippen LogP contribution in [0.5, 0.6) is 5.75 Å². The second kappa shape index (κ2) is 17.0. The van der Waals surface area contributed by atoms with E-state index in [-0.39, 0.29) is 0 Å². The Labute approximate surface area is 322 Å². The Morgan fingerprint density at radius 3 is 2.62 bits per heavy atom. The zero-order chi connectivity index (χ0) is 37.0. The highest BCUT2D eigenvalue weighted by molar-refractivity contribution is 7.90. The van der Waals surface area contributed by atoms with E-state index in [0.717, 1.165) is 87.6 Å². The smallest absolute Gasteiger partial charge is 0.264 e. The normalized spacial score (nSPS) is 30.6. The number of benzene rings is 2. The molecule has 1 aliphatic carbocycles. The first-order chi connectivity index (χ1) is 25.7. The summed E-state index contributed by atoms with van der Waals surface area (Å²) in [6.07, 6.45) is 14.9. The van der Waals surface area contributed by atoms with E-state index in [9.17, 15) is 13.2 Å². The van der Waals surface area contributed by atoms with Crippen molar-refractivity contribution in [2.75, 3.05) is 57.3 Å². The number of piperazine rings is 1. The van der Waals surface area contributed by atoms with Gasteiger partial charge in [0, 0.05) is 62.5 Å². The SMILES string of the molecule is CCO[C@@]1(CN2CCN3CCCCC3C2)/C=C/CC[C@@H](CC)S(=O)(=O)NC(=O)c2ccc3c(c2)N(CCCCc2cc(Cl)ccc2CO3)C[C@@H]2CC[C@H]21. The number of carbonyl (C=O) groups is 1. The molecule has 53 heavy (non-hydrogen) atoms. The molecule has 1 N–H and O–H groups in total. The van der Waals surface area contributed by atoms with Crippen LogP contribution in [0.3, 0.4) is 0 Å². The van der Waals surface area contributed by atoms with Crippen LogP contribution in [0.15, 0.2) is 48.6 Å². The number of halogens is 1. The lowest BCUT2D eigenvalue weighted by Crippen LogP contribution is -2.61. The van der Waals surface area contributed by atoms with Crippen molar-refractivity contribution in [1.29, 1.82) is 0 Å². The molecule has 2 aromatic rings. The molecule has 4 aliphatic heterocycles. The largest absolute Gasteiger partial charge is 0.487 e. The van der Waals surface area contributed by atoms with Gasteiger partial charge in [-0.05, 0) is 131 Å². The Hall–Kier alpha value is -2.63. The van der Waals surface area contributed by atoms with Gasteiger partial charge in [-0.3, -0.25) is 14.6 Å². The van der Waals surface area contributed by atoms with E-state index < -0.39 is 26.8 Å². The zero-order valence-corrected chi connectivity index (χ0v) is 33.3. The Bertz CT molecular complexity index is 1740. The molecule has 5 atom stereocenters. The van der Waals surface area contributed by atoms with Crippen molar-refractivity contribution >= 4 is 33.2 Å². The van der Waals surface area contributed by atoms with E-state index >= 15 is 0 Å². The summed E-state index contributed by atoms with van der Waals surface area (Å²) in [7, 11) is -3.91. The Morgan fingerprint density at radius 1 is 0.943 bits per heavy atom. The third-order valence-corrected chi connectivity index (χ3v) is 14.9. The molecule has 2 aromatic carbocycles. The Kier molecular flexibility index (Phi) is 12.4. The predicted molar refractivity (Wildman–Crippen MR) is 212 cm³/mol. The minimum Gasteiger partial charge on any atom is -0.487 e. The molecule has 2 bridgehead atoms. The van der Waals surface area contributed by atoms with Gasteiger partial charge in [0.2, 0.25) is 10.0 Å². The van der Waals surface area contributed by atoms with Crippen molar-refractivity contribution in [3.63, 3.8) is 0 Å². The maximum absolute atomic E-state index is 13.7. The lowest BCUT2D eigenvalue weighted by Gasteiger charge is -2.53. The standard InChI is InChI=1S/C42H59ClN4O5S/c1-3-37-13-5-8-20-42(52-4-2,30-45-23-24-46-21-10-7-12-36(46)28-45)38-18-15-33(38)27-47-22-9-6-11-31-25-35(43)17-14-34(31)29-51-40-19-16-32(26-39(40)47)41(48)44-53(37,49)50/h8,14,16-17,19-20,25-26,33,36-38H,3-7,9-13,15,18,21-24,27-30H2,1-2H3,(H,44,48)/b20-8+/t33-,36?,37+,38+,42+/m0/s1. The van der Waals surface area contributed by atoms with Crippen LogP contribution in [0.4, 0.5) is 5.69 Å². The number of nitrogens with one attached hydrogen (secondary N) is 1. The van der Waals surface area contributed by atoms with Gasteiger partial charge in [-0.2, -0.15) is 0 Å². The number of ether oxygens (including phenoxy) is 2. The Balaban J connectivity index is 1.25. The minimum atomic E-state index is -3.91. The number of rotatable bonds is 5. The molecule has 1 saturated carbocycles. The number of hydrogen-bond acceptors (Lipinski definition) is 8. The summed E-state index contributed by atoms with van der Waals surface area (Å²) in [5, 5.41) is 0.0408. The first-order valence-corrected chi connectivity index (χ1v) is 22.2. The second-order valence-electron chi connectivity index (χ2n) is 16.0. The molecular weight excluding hydrogens is 708 g/mol. The first kappa shape index (κ1) is 38.6. The third-order valence-electron chi connectivity index (χ3n) is 12.7. The molecule has 0 radical (unpaired) electrons. The summed E-state index contributed by atoms with van der Waals surface area (Å²) < 4.78 is 43.3. The van der Waals surface area contributed by atoms with E-state index in [1.807, 2.05) is 31.2 Å². The maximum Gasteiger partial charge on any atom is 0.264 e. The molecule has 5 aliphatic rings. The lowest BCUT2D eigenvalue weighted by molar-refractivity contribution is -0.116. The minimum absolute atomic E-state index is 0.308. The van der Waals surface area contributed by atoms with Crippen LogP contribution in [0.25, 0.3) is 0 Å². The fourth-order valence-electron chi connectivity index (χ4n) is 9.69. The summed E-state index contributed by atoms with van der Waals surface area (Å²) in [6.45, 7) is 11.9. The topological polar surface area (TPSA) is 91.4 Å². The lowest BCUT2D eigenvalue weighted by atomic mass is 9.63. The van der Waals surface area contributed by atoms with Crippen LogP contribution in [0, 0.1) is 11.8 Å². The highest BCUT2D eigenvalue weighted by atomic mass is 35.5. The summed E-state index contributed by atoms with van der Waals surface area (Å²) >= 11 is 6.42. The first-order valence-electron chi connectivity index (χ1n) is 20.3. The van der Waals surface area contributed by atoms with Gasteiger partial charge in [-0.15, -0.1) is 0 Å². The highest BCUT2D eigenvalue weighted by Crippen LogP contribution is 2.47. The third kappa shape index (κ3) is 8.77. The number of fused-ring (bicyclic) bond motifs is 4. The van der Waals surface area contributed by atoms with Crippen LogP contribution < -0.4 is 14.4 Å². The molecule has 0 spiro atoms. The van der Waals surface area contributed by atoms with Gasteiger partial charge in [0.25, 0.3) is 5.91 Å². The predicted octanol–water partition coefficient (Wildman–Crippen LogP) is 7.22. The molecule has 7 rings (SSSR count). The van der Waals surface area contributed by atoms with Gasteiger partial charge >= 0.3 is 0 Å². The number of hydrogen-bond donors (Lipinski definition) is 1. The second-order valence-corrected chi connectivity index (χ2v) is 18.4. The van der Waals surface area contributed by atoms with Crippen molar-refractivity contribution in [3.05, 3.63) is 70.3 Å². The number of amides is 1. The Morgan fingerprint density at radius 2 is 1.81 bits per heavy atom. The zero-order valence-electron chi connectivity index (χ0n) is 31.7.